The van der Waals surface area contributed by atoms with Crippen LogP contribution in [0.4, 0.5) is 16.2 Å². The van der Waals surface area contributed by atoms with Crippen molar-refractivity contribution < 1.29 is 9.53 Å². The fourth-order valence-corrected chi connectivity index (χ4v) is 2.42. The minimum atomic E-state index is -0.351. The normalized spacial score (nSPS) is 10.2. The lowest BCUT2D eigenvalue weighted by Gasteiger charge is -2.13. The van der Waals surface area contributed by atoms with Gasteiger partial charge in [-0.15, -0.1) is 0 Å². The van der Waals surface area contributed by atoms with Gasteiger partial charge in [-0.2, -0.15) is 0 Å². The third-order valence-electron chi connectivity index (χ3n) is 3.16. The van der Waals surface area contributed by atoms with Crippen molar-refractivity contribution in [2.75, 3.05) is 17.7 Å². The quantitative estimate of drug-likeness (QED) is 0.748. The zero-order chi connectivity index (χ0) is 16.3. The van der Waals surface area contributed by atoms with Crippen LogP contribution in [0.25, 0.3) is 0 Å². The number of carbonyl (C=O) groups excluding carboxylic acids is 1. The van der Waals surface area contributed by atoms with E-state index in [0.29, 0.717) is 22.1 Å². The lowest BCUT2D eigenvalue weighted by molar-refractivity contribution is 0.262. The molecule has 22 heavy (non-hydrogen) atoms. The summed E-state index contributed by atoms with van der Waals surface area (Å²) in [5.74, 6) is 0.510. The molecule has 2 amide bonds. The molecule has 0 radical (unpaired) electrons. The van der Waals surface area contributed by atoms with Crippen molar-refractivity contribution in [2.45, 2.75) is 13.8 Å². The van der Waals surface area contributed by atoms with E-state index in [1.54, 1.807) is 12.1 Å². The van der Waals surface area contributed by atoms with Crippen LogP contribution in [0.3, 0.4) is 0 Å². The highest BCUT2D eigenvalue weighted by Crippen LogP contribution is 2.31. The molecule has 0 heterocycles. The molecule has 0 saturated carbocycles. The summed E-state index contributed by atoms with van der Waals surface area (Å²) in [7, 11) is 1.53. The molecule has 0 aliphatic carbocycles. The zero-order valence-electron chi connectivity index (χ0n) is 12.5. The van der Waals surface area contributed by atoms with Crippen molar-refractivity contribution in [1.82, 2.24) is 0 Å². The number of halogens is 2. The van der Waals surface area contributed by atoms with Crippen molar-refractivity contribution in [3.05, 3.63) is 51.0 Å². The third kappa shape index (κ3) is 3.93. The average molecular weight is 384 g/mol. The van der Waals surface area contributed by atoms with Crippen LogP contribution in [-0.4, -0.2) is 13.1 Å². The highest BCUT2D eigenvalue weighted by molar-refractivity contribution is 9.10. The fraction of sp³-hybridized carbons (Fsp3) is 0.188. The summed E-state index contributed by atoms with van der Waals surface area (Å²) in [4.78, 5) is 12.1. The molecular weight excluding hydrogens is 368 g/mol. The van der Waals surface area contributed by atoms with Gasteiger partial charge in [0.25, 0.3) is 0 Å². The molecule has 6 heteroatoms. The maximum atomic E-state index is 12.1. The van der Waals surface area contributed by atoms with Gasteiger partial charge < -0.3 is 15.4 Å². The molecule has 2 rings (SSSR count). The van der Waals surface area contributed by atoms with Crippen LogP contribution in [0.5, 0.6) is 5.75 Å². The van der Waals surface area contributed by atoms with E-state index in [2.05, 4.69) is 26.6 Å². The first kappa shape index (κ1) is 16.6. The fourth-order valence-electron chi connectivity index (χ4n) is 1.89. The van der Waals surface area contributed by atoms with E-state index in [1.807, 2.05) is 32.0 Å². The molecule has 0 aromatic heterocycles. The second-order valence-electron chi connectivity index (χ2n) is 4.84. The molecule has 4 nitrogen and oxygen atoms in total. The first-order chi connectivity index (χ1) is 10.4. The Morgan fingerprint density at radius 2 is 1.86 bits per heavy atom. The molecule has 0 bridgehead atoms. The molecule has 0 saturated heterocycles. The highest BCUT2D eigenvalue weighted by Gasteiger charge is 2.10. The number of carbonyl (C=O) groups is 1. The Morgan fingerprint density at radius 3 is 2.50 bits per heavy atom. The van der Waals surface area contributed by atoms with Crippen molar-refractivity contribution in [3.63, 3.8) is 0 Å². The van der Waals surface area contributed by atoms with E-state index < -0.39 is 0 Å². The number of amides is 2. The zero-order valence-corrected chi connectivity index (χ0v) is 14.8. The number of hydrogen-bond donors (Lipinski definition) is 2. The Balaban J connectivity index is 2.15. The van der Waals surface area contributed by atoms with Crippen LogP contribution in [0, 0.1) is 13.8 Å². The van der Waals surface area contributed by atoms with Gasteiger partial charge in [0.2, 0.25) is 0 Å². The van der Waals surface area contributed by atoms with Gasteiger partial charge in [-0.1, -0.05) is 33.6 Å². The second kappa shape index (κ2) is 7.03. The van der Waals surface area contributed by atoms with Gasteiger partial charge in [-0.3, -0.25) is 0 Å². The molecule has 0 atom stereocenters. The predicted molar refractivity (Wildman–Crippen MR) is 94.3 cm³/mol. The molecule has 0 aliphatic heterocycles. The minimum absolute atomic E-state index is 0.351. The molecule has 116 valence electrons. The molecule has 2 N–H and O–H groups in total. The maximum Gasteiger partial charge on any atom is 0.323 e. The molecule has 0 spiro atoms. The smallest absolute Gasteiger partial charge is 0.323 e. The van der Waals surface area contributed by atoms with Crippen molar-refractivity contribution >= 4 is 44.9 Å². The first-order valence-electron chi connectivity index (χ1n) is 6.59. The van der Waals surface area contributed by atoms with Crippen LogP contribution in [0.2, 0.25) is 5.02 Å². The summed E-state index contributed by atoms with van der Waals surface area (Å²) in [5, 5.41) is 6.13. The van der Waals surface area contributed by atoms with Gasteiger partial charge in [-0.05, 0) is 43.2 Å². The molecule has 2 aromatic carbocycles. The van der Waals surface area contributed by atoms with E-state index in [0.717, 1.165) is 15.6 Å². The standard InChI is InChI=1S/C16H16BrClN2O2/c1-9-4-5-11(7-12(9)17)19-16(21)20-14-6-10(2)13(18)8-15(14)22-3/h4-8H,1-3H3,(H2,19,20,21). The number of hydrogen-bond acceptors (Lipinski definition) is 2. The summed E-state index contributed by atoms with van der Waals surface area (Å²) in [6.45, 7) is 3.84. The summed E-state index contributed by atoms with van der Waals surface area (Å²) in [6.07, 6.45) is 0. The number of benzene rings is 2. The number of anilines is 2. The topological polar surface area (TPSA) is 50.4 Å². The predicted octanol–water partition coefficient (Wildman–Crippen LogP) is 5.37. The summed E-state index contributed by atoms with van der Waals surface area (Å²) < 4.78 is 6.17. The van der Waals surface area contributed by atoms with Crippen LogP contribution in [0.15, 0.2) is 34.8 Å². The summed E-state index contributed by atoms with van der Waals surface area (Å²) in [6, 6.07) is 8.70. The van der Waals surface area contributed by atoms with E-state index in [1.165, 1.54) is 7.11 Å². The number of ether oxygens (including phenoxy) is 1. The van der Waals surface area contributed by atoms with E-state index in [-0.39, 0.29) is 6.03 Å². The number of nitrogens with one attached hydrogen (secondary N) is 2. The highest BCUT2D eigenvalue weighted by atomic mass is 79.9. The van der Waals surface area contributed by atoms with E-state index >= 15 is 0 Å². The Morgan fingerprint density at radius 1 is 1.14 bits per heavy atom. The number of urea groups is 1. The largest absolute Gasteiger partial charge is 0.495 e. The first-order valence-corrected chi connectivity index (χ1v) is 7.76. The number of methoxy groups -OCH3 is 1. The summed E-state index contributed by atoms with van der Waals surface area (Å²) in [5.41, 5.74) is 3.21. The third-order valence-corrected chi connectivity index (χ3v) is 4.42. The second-order valence-corrected chi connectivity index (χ2v) is 6.11. The van der Waals surface area contributed by atoms with Gasteiger partial charge in [0.1, 0.15) is 5.75 Å². The molecule has 0 aliphatic rings. The van der Waals surface area contributed by atoms with Crippen molar-refractivity contribution in [3.8, 4) is 5.75 Å². The Hall–Kier alpha value is -1.72. The lowest BCUT2D eigenvalue weighted by atomic mass is 10.2. The molecule has 2 aromatic rings. The Kier molecular flexibility index (Phi) is 5.32. The van der Waals surface area contributed by atoms with Gasteiger partial charge in [0, 0.05) is 21.2 Å². The number of aryl methyl sites for hydroxylation is 2. The molecule has 0 fully saturated rings. The van der Waals surface area contributed by atoms with Gasteiger partial charge >= 0.3 is 6.03 Å². The molecular formula is C16H16BrClN2O2. The summed E-state index contributed by atoms with van der Waals surface area (Å²) >= 11 is 9.49. The SMILES string of the molecule is COc1cc(Cl)c(C)cc1NC(=O)Nc1ccc(C)c(Br)c1. The van der Waals surface area contributed by atoms with Gasteiger partial charge in [0.15, 0.2) is 0 Å². The minimum Gasteiger partial charge on any atom is -0.495 e. The van der Waals surface area contributed by atoms with Crippen LogP contribution in [0.1, 0.15) is 11.1 Å². The van der Waals surface area contributed by atoms with Crippen LogP contribution >= 0.6 is 27.5 Å². The maximum absolute atomic E-state index is 12.1. The van der Waals surface area contributed by atoms with Crippen molar-refractivity contribution in [1.29, 1.82) is 0 Å². The van der Waals surface area contributed by atoms with Gasteiger partial charge in [0.05, 0.1) is 12.8 Å². The van der Waals surface area contributed by atoms with E-state index in [4.69, 9.17) is 16.3 Å². The van der Waals surface area contributed by atoms with E-state index in [9.17, 15) is 4.79 Å². The number of rotatable bonds is 3. The average Bonchev–Trinajstić information content (AvgIpc) is 2.46. The van der Waals surface area contributed by atoms with Crippen molar-refractivity contribution in [2.24, 2.45) is 0 Å². The lowest BCUT2D eigenvalue weighted by Crippen LogP contribution is -2.20. The van der Waals surface area contributed by atoms with Crippen LogP contribution < -0.4 is 15.4 Å². The van der Waals surface area contributed by atoms with Gasteiger partial charge in [-0.25, -0.2) is 4.79 Å². The molecule has 0 unspecified atom stereocenters. The van der Waals surface area contributed by atoms with Crippen LogP contribution in [-0.2, 0) is 0 Å². The Labute approximate surface area is 142 Å². The Bertz CT molecular complexity index is 720. The monoisotopic (exact) mass is 382 g/mol.